The molecule has 0 bridgehead atoms. The molecule has 0 amide bonds. The lowest BCUT2D eigenvalue weighted by molar-refractivity contribution is 0.103. The average Bonchev–Trinajstić information content (AvgIpc) is 1.51. The third-order valence-corrected chi connectivity index (χ3v) is 28.2. The van der Waals surface area contributed by atoms with Crippen LogP contribution in [0, 0.1) is 47.6 Å². The van der Waals surface area contributed by atoms with Crippen molar-refractivity contribution in [1.29, 1.82) is 10.5 Å². The molecule has 12 rings (SSSR count). The first-order valence-corrected chi connectivity index (χ1v) is 42.3. The van der Waals surface area contributed by atoms with Crippen LogP contribution in [0.5, 0.6) is 0 Å². The minimum atomic E-state index is -0.287. The number of thiophene rings is 4. The van der Waals surface area contributed by atoms with Gasteiger partial charge in [0.05, 0.1) is 107 Å². The molecule has 0 aliphatic heterocycles. The first-order valence-electron chi connectivity index (χ1n) is 36.8. The van der Waals surface area contributed by atoms with Gasteiger partial charge in [-0.05, 0) is 109 Å². The summed E-state index contributed by atoms with van der Waals surface area (Å²) in [7, 11) is 0. The Hall–Kier alpha value is -6.18. The molecule has 101 heavy (non-hydrogen) atoms. The fourth-order valence-corrected chi connectivity index (χ4v) is 22.8. The first kappa shape index (κ1) is 74.5. The molecule has 0 radical (unpaired) electrons. The Morgan fingerprint density at radius 2 is 0.822 bits per heavy atom. The van der Waals surface area contributed by atoms with E-state index in [2.05, 4.69) is 72.5 Å². The van der Waals surface area contributed by atoms with E-state index in [4.69, 9.17) is 68.3 Å². The second-order valence-corrected chi connectivity index (χ2v) is 34.0. The topological polar surface area (TPSA) is 126 Å². The van der Waals surface area contributed by atoms with Crippen molar-refractivity contribution < 1.29 is 9.59 Å². The van der Waals surface area contributed by atoms with Crippen molar-refractivity contribution in [3.63, 3.8) is 0 Å². The van der Waals surface area contributed by atoms with Crippen molar-refractivity contribution in [3.05, 3.63) is 133 Å². The van der Waals surface area contributed by atoms with E-state index in [9.17, 15) is 20.1 Å². The highest BCUT2D eigenvalue weighted by Gasteiger charge is 2.38. The van der Waals surface area contributed by atoms with Crippen molar-refractivity contribution in [3.8, 4) is 12.1 Å². The Morgan fingerprint density at radius 3 is 1.16 bits per heavy atom. The standard InChI is InChI=1S/C82H86Cl4N8O2S5/c1-9-15-19-21-23-25-27-29-31-35-49-63(41-55-65(61(43-87)89-7)51-37-57(83)59(85)39-53(51)75(55)95)97-81-73-79(99-77(49)81)67-69-70(92-101-91-69)68-72(71(67)93(73)45-47(13-5)33-17-11-3)94(46-48(14-6)34-18-12-4)74-80(68)100-78-50(36-32-30-28-26-24-22-20-16-10-2)64(98-82(74)78)42-56-66(62(44-88)90-8)52-38-58(84)60(86)40-54(52)76(56)96/h37-42,47-48H,9-36,45-46H2,1-6H3/b55-41-,56-42-,65-61+,66-62?. The van der Waals surface area contributed by atoms with Gasteiger partial charge in [-0.15, -0.1) is 45.3 Å². The van der Waals surface area contributed by atoms with Crippen molar-refractivity contribution in [2.45, 2.75) is 234 Å². The van der Waals surface area contributed by atoms with E-state index < -0.39 is 0 Å². The molecule has 2 atom stereocenters. The summed E-state index contributed by atoms with van der Waals surface area (Å²) >= 11 is 35.0. The molecule has 0 fully saturated rings. The molecule has 2 aliphatic rings. The molecule has 3 aromatic carbocycles. The average molecular weight is 1520 g/mol. The van der Waals surface area contributed by atoms with Gasteiger partial charge in [0, 0.05) is 67.0 Å². The Kier molecular flexibility index (Phi) is 24.9. The molecular formula is C82H86Cl4N8O2S5. The number of allylic oxidation sites excluding steroid dienone is 6. The summed E-state index contributed by atoms with van der Waals surface area (Å²) < 4.78 is 23.2. The van der Waals surface area contributed by atoms with Gasteiger partial charge >= 0.3 is 0 Å². The van der Waals surface area contributed by atoms with Crippen LogP contribution in [-0.2, 0) is 25.9 Å². The van der Waals surface area contributed by atoms with Crippen LogP contribution in [0.1, 0.15) is 261 Å². The zero-order chi connectivity index (χ0) is 71.2. The maximum Gasteiger partial charge on any atom is 0.270 e. The van der Waals surface area contributed by atoms with Crippen molar-refractivity contribution in [2.75, 3.05) is 0 Å². The number of aromatic nitrogens is 4. The van der Waals surface area contributed by atoms with Crippen LogP contribution in [0.25, 0.3) is 105 Å². The van der Waals surface area contributed by atoms with Crippen LogP contribution in [0.3, 0.4) is 0 Å². The number of ketones is 2. The lowest BCUT2D eigenvalue weighted by Gasteiger charge is -2.20. The molecule has 2 unspecified atom stereocenters. The first-order chi connectivity index (χ1) is 49.2. The summed E-state index contributed by atoms with van der Waals surface area (Å²) in [6.45, 7) is 31.7. The van der Waals surface area contributed by atoms with Gasteiger partial charge in [0.2, 0.25) is 0 Å². The minimum Gasteiger partial charge on any atom is -0.337 e. The second-order valence-electron chi connectivity index (χ2n) is 27.7. The summed E-state index contributed by atoms with van der Waals surface area (Å²) in [5, 5.41) is 24.3. The van der Waals surface area contributed by atoms with E-state index in [0.717, 1.165) is 157 Å². The number of rotatable bonds is 34. The van der Waals surface area contributed by atoms with Gasteiger partial charge in [0.25, 0.3) is 11.4 Å². The fraction of sp³-hybridized carbons (Fsp3) is 0.463. The van der Waals surface area contributed by atoms with E-state index in [1.54, 1.807) is 46.9 Å². The van der Waals surface area contributed by atoms with Gasteiger partial charge in [-0.25, -0.2) is 20.2 Å². The number of unbranched alkanes of at least 4 members (excludes halogenated alkanes) is 18. The number of nitriles is 2. The quantitative estimate of drug-likeness (QED) is 0.0171. The third-order valence-electron chi connectivity index (χ3n) is 21.1. The lowest BCUT2D eigenvalue weighted by Crippen LogP contribution is -2.13. The summed E-state index contributed by atoms with van der Waals surface area (Å²) in [4.78, 5) is 39.2. The van der Waals surface area contributed by atoms with Crippen molar-refractivity contribution >= 4 is 210 Å². The van der Waals surface area contributed by atoms with Gasteiger partial charge in [0.15, 0.2) is 11.6 Å². The van der Waals surface area contributed by atoms with Crippen molar-refractivity contribution in [2.24, 2.45) is 11.8 Å². The molecule has 2 aliphatic carbocycles. The van der Waals surface area contributed by atoms with Gasteiger partial charge in [0.1, 0.15) is 11.0 Å². The fourth-order valence-electron chi connectivity index (χ4n) is 15.6. The number of benzene rings is 3. The van der Waals surface area contributed by atoms with E-state index >= 15 is 0 Å². The van der Waals surface area contributed by atoms with Crippen LogP contribution in [0.2, 0.25) is 20.1 Å². The number of nitrogens with zero attached hydrogens (tertiary/aromatic N) is 8. The maximum absolute atomic E-state index is 14.9. The minimum absolute atomic E-state index is 0.166. The zero-order valence-corrected chi connectivity index (χ0v) is 65.9. The van der Waals surface area contributed by atoms with Crippen LogP contribution in [-0.4, -0.2) is 29.4 Å². The van der Waals surface area contributed by atoms with Crippen LogP contribution < -0.4 is 0 Å². The lowest BCUT2D eigenvalue weighted by atomic mass is 9.98. The molecule has 10 nitrogen and oxygen atoms in total. The van der Waals surface area contributed by atoms with E-state index in [1.165, 1.54) is 141 Å². The number of halogens is 4. The zero-order valence-electron chi connectivity index (χ0n) is 58.8. The summed E-state index contributed by atoms with van der Waals surface area (Å²) in [5.74, 6) is 0.130. The van der Waals surface area contributed by atoms with E-state index in [0.29, 0.717) is 56.4 Å². The molecule has 7 aromatic heterocycles. The van der Waals surface area contributed by atoms with Gasteiger partial charge < -0.3 is 9.13 Å². The Bertz CT molecular complexity index is 4830. The number of carbonyl (C=O) groups excluding carboxylic acids is 2. The van der Waals surface area contributed by atoms with Crippen LogP contribution >= 0.6 is 103 Å². The number of carbonyl (C=O) groups is 2. The molecule has 7 heterocycles. The summed E-state index contributed by atoms with van der Waals surface area (Å²) in [5.41, 5.74) is 11.3. The second kappa shape index (κ2) is 33.7. The van der Waals surface area contributed by atoms with Crippen LogP contribution in [0.4, 0.5) is 0 Å². The molecule has 524 valence electrons. The normalized spacial score (nSPS) is 15.6. The third kappa shape index (κ3) is 14.5. The number of hydrogen-bond acceptors (Lipinski definition) is 11. The predicted molar refractivity (Wildman–Crippen MR) is 434 cm³/mol. The highest BCUT2D eigenvalue weighted by atomic mass is 35.5. The van der Waals surface area contributed by atoms with Crippen molar-refractivity contribution in [1.82, 2.24) is 17.9 Å². The monoisotopic (exact) mass is 1510 g/mol. The van der Waals surface area contributed by atoms with Crippen LogP contribution in [0.15, 0.2) is 46.8 Å². The number of Topliss-reactive ketones (excluding diaryl/α,β-unsaturated/α-hetero) is 2. The van der Waals surface area contributed by atoms with E-state index in [-0.39, 0.29) is 43.1 Å². The molecule has 0 saturated carbocycles. The number of hydrogen-bond donors (Lipinski definition) is 0. The highest BCUT2D eigenvalue weighted by molar-refractivity contribution is 7.34. The summed E-state index contributed by atoms with van der Waals surface area (Å²) in [6, 6.07) is 10.7. The number of aryl methyl sites for hydroxylation is 2. The van der Waals surface area contributed by atoms with E-state index in [1.807, 2.05) is 34.8 Å². The molecule has 19 heteroatoms. The smallest absolute Gasteiger partial charge is 0.270 e. The molecule has 0 spiro atoms. The Balaban J connectivity index is 1.14. The Morgan fingerprint density at radius 1 is 0.475 bits per heavy atom. The van der Waals surface area contributed by atoms with Gasteiger partial charge in [-0.2, -0.15) is 8.75 Å². The maximum atomic E-state index is 14.9. The number of fused-ring (bicyclic) bond motifs is 16. The molecule has 10 aromatic rings. The Labute approximate surface area is 634 Å². The molecule has 0 saturated heterocycles. The highest BCUT2D eigenvalue weighted by Crippen LogP contribution is 2.57. The molecular weight excluding hydrogens is 1430 g/mol. The van der Waals surface area contributed by atoms with Gasteiger partial charge in [-0.3, -0.25) is 9.59 Å². The largest absolute Gasteiger partial charge is 0.337 e. The predicted octanol–water partition coefficient (Wildman–Crippen LogP) is 28.5. The SMILES string of the molecule is [C-]#[N+]C(C#N)=C1/C(=C/c2sc3c(sc4c5c6nsnc6c6c7sc8c(CCCCCCCCCCC)c(/C=C9\C(=O)c%10cc(Cl)c(Cl)cc%10\C9=C(\C#N)[N+]#[C-])sc8c7n(CC(CC)CCCC)c6c5n(CC(CC)CCCC)c34)c2CCCCCCCCCCC)C(=O)c2cc(Cl)c(Cl)cc21. The summed E-state index contributed by atoms with van der Waals surface area (Å²) in [6.07, 6.45) is 35.4. The van der Waals surface area contributed by atoms with Gasteiger partial charge in [-0.1, -0.05) is 229 Å². The molecule has 0 N–H and O–H groups in total.